The van der Waals surface area contributed by atoms with Crippen molar-refractivity contribution >= 4 is 64.0 Å². The summed E-state index contributed by atoms with van der Waals surface area (Å²) in [6.45, 7) is 6.17. The van der Waals surface area contributed by atoms with Gasteiger partial charge in [-0.1, -0.05) is 0 Å². The van der Waals surface area contributed by atoms with Crippen LogP contribution in [0.1, 0.15) is 62.2 Å². The van der Waals surface area contributed by atoms with Gasteiger partial charge in [0.05, 0.1) is 23.7 Å². The number of rotatable bonds is 14. The van der Waals surface area contributed by atoms with Crippen LogP contribution in [0.5, 0.6) is 0 Å². The van der Waals surface area contributed by atoms with Crippen molar-refractivity contribution in [2.45, 2.75) is 59.4 Å². The van der Waals surface area contributed by atoms with E-state index in [-0.39, 0.29) is 49.8 Å². The summed E-state index contributed by atoms with van der Waals surface area (Å²) in [5.41, 5.74) is -0.320. The molecule has 2 aromatic heterocycles. The van der Waals surface area contributed by atoms with E-state index < -0.39 is 41.3 Å². The second kappa shape index (κ2) is 15.9. The molecule has 0 aliphatic rings. The number of H-pyrrole nitrogens is 1. The third-order valence-electron chi connectivity index (χ3n) is 4.98. The van der Waals surface area contributed by atoms with Crippen LogP contribution in [0.25, 0.3) is 0 Å². The Morgan fingerprint density at radius 2 is 1.77 bits per heavy atom. The van der Waals surface area contributed by atoms with Gasteiger partial charge in [0, 0.05) is 26.5 Å². The van der Waals surface area contributed by atoms with Crippen molar-refractivity contribution in [2.24, 2.45) is 4.99 Å². The summed E-state index contributed by atoms with van der Waals surface area (Å²) in [4.78, 5) is 83.2. The Labute approximate surface area is 234 Å². The van der Waals surface area contributed by atoms with E-state index in [0.29, 0.717) is 16.3 Å². The van der Waals surface area contributed by atoms with Crippen molar-refractivity contribution in [2.75, 3.05) is 23.8 Å². The number of anilines is 2. The van der Waals surface area contributed by atoms with Gasteiger partial charge in [0.25, 0.3) is 11.5 Å². The number of ether oxygens (including phenoxy) is 2. The lowest BCUT2D eigenvalue weighted by molar-refractivity contribution is -0.147. The summed E-state index contributed by atoms with van der Waals surface area (Å²) >= 11 is 1.08. The molecule has 4 N–H and O–H groups in total. The number of esters is 2. The summed E-state index contributed by atoms with van der Waals surface area (Å²) in [7, 11) is 0. The number of hydrogen-bond donors (Lipinski definition) is 4. The SMILES string of the molecule is CCOC(=O)CC[C@H](NC(=O)c1ccc(/N=C/CCc2c(NC(C)=O)nc(NC(C)=O)[nH]c2=O)s1)C(=O)OCC. The molecule has 0 saturated heterocycles. The third kappa shape index (κ3) is 10.4. The maximum atomic E-state index is 12.7. The maximum Gasteiger partial charge on any atom is 0.328 e. The average Bonchev–Trinajstić information content (AvgIpc) is 3.34. The number of aliphatic imine (C=N–C) groups is 1. The minimum absolute atomic E-state index is 0.0278. The van der Waals surface area contributed by atoms with Crippen LogP contribution in [0.3, 0.4) is 0 Å². The highest BCUT2D eigenvalue weighted by Crippen LogP contribution is 2.25. The van der Waals surface area contributed by atoms with Crippen molar-refractivity contribution in [1.29, 1.82) is 0 Å². The number of aromatic amines is 1. The predicted molar refractivity (Wildman–Crippen MR) is 148 cm³/mol. The molecule has 14 nitrogen and oxygen atoms in total. The lowest BCUT2D eigenvalue weighted by atomic mass is 10.1. The molecule has 15 heteroatoms. The van der Waals surface area contributed by atoms with Gasteiger partial charge in [0.1, 0.15) is 16.9 Å². The number of thiophene rings is 1. The number of carbonyl (C=O) groups is 5. The number of nitrogens with zero attached hydrogens (tertiary/aromatic N) is 2. The highest BCUT2D eigenvalue weighted by atomic mass is 32.1. The van der Waals surface area contributed by atoms with E-state index in [2.05, 4.69) is 30.9 Å². The minimum Gasteiger partial charge on any atom is -0.466 e. The molecule has 1 atom stereocenters. The number of carbonyl (C=O) groups excluding carboxylic acids is 5. The molecular formula is C25H32N6O8S. The van der Waals surface area contributed by atoms with E-state index in [1.54, 1.807) is 32.2 Å². The molecule has 3 amide bonds. The Balaban J connectivity index is 2.05. The van der Waals surface area contributed by atoms with Gasteiger partial charge in [-0.15, -0.1) is 11.3 Å². The van der Waals surface area contributed by atoms with Crippen LogP contribution in [0.2, 0.25) is 0 Å². The van der Waals surface area contributed by atoms with E-state index in [1.165, 1.54) is 13.8 Å². The first-order valence-corrected chi connectivity index (χ1v) is 13.3. The summed E-state index contributed by atoms with van der Waals surface area (Å²) in [5.74, 6) is -2.58. The Morgan fingerprint density at radius 1 is 1.07 bits per heavy atom. The van der Waals surface area contributed by atoms with Gasteiger partial charge in [-0.3, -0.25) is 39.3 Å². The summed E-state index contributed by atoms with van der Waals surface area (Å²) in [5, 5.41) is 7.95. The molecule has 0 spiro atoms. The highest BCUT2D eigenvalue weighted by molar-refractivity contribution is 7.17. The van der Waals surface area contributed by atoms with Gasteiger partial charge in [-0.2, -0.15) is 4.98 Å². The van der Waals surface area contributed by atoms with E-state index in [1.807, 2.05) is 0 Å². The normalized spacial score (nSPS) is 11.5. The van der Waals surface area contributed by atoms with Crippen LogP contribution in [0, 0.1) is 0 Å². The highest BCUT2D eigenvalue weighted by Gasteiger charge is 2.24. The second-order valence-electron chi connectivity index (χ2n) is 8.21. The Bertz CT molecular complexity index is 1320. The van der Waals surface area contributed by atoms with Crippen LogP contribution in [-0.4, -0.2) is 65.1 Å². The van der Waals surface area contributed by atoms with Crippen molar-refractivity contribution < 1.29 is 33.4 Å². The Morgan fingerprint density at radius 3 is 2.42 bits per heavy atom. The topological polar surface area (TPSA) is 198 Å². The largest absolute Gasteiger partial charge is 0.466 e. The number of amides is 3. The van der Waals surface area contributed by atoms with Crippen LogP contribution in [0.4, 0.5) is 16.8 Å². The summed E-state index contributed by atoms with van der Waals surface area (Å²) in [6, 6.07) is 2.14. The smallest absolute Gasteiger partial charge is 0.328 e. The van der Waals surface area contributed by atoms with Gasteiger partial charge < -0.3 is 20.1 Å². The maximum absolute atomic E-state index is 12.7. The standard InChI is InChI=1S/C25H32N6O8S/c1-5-38-20(34)12-9-17(24(37)39-6-2)29-23(36)18-10-11-19(40-18)26-13-7-8-16-21(27-14(3)32)30-25(28-15(4)33)31-22(16)35/h10-11,13,17H,5-9,12H2,1-4H3,(H,29,36)(H3,27,28,30,31,32,33,35)/b26-13+/t17-/m0/s1. The van der Waals surface area contributed by atoms with Crippen molar-refractivity contribution in [3.8, 4) is 0 Å². The first-order valence-electron chi connectivity index (χ1n) is 12.5. The fourth-order valence-corrected chi connectivity index (χ4v) is 4.10. The Kier molecular flexibility index (Phi) is 12.6. The monoisotopic (exact) mass is 576 g/mol. The molecular weight excluding hydrogens is 544 g/mol. The fraction of sp³-hybridized carbons (Fsp3) is 0.440. The van der Waals surface area contributed by atoms with E-state index >= 15 is 0 Å². The average molecular weight is 577 g/mol. The van der Waals surface area contributed by atoms with Gasteiger partial charge in [0.2, 0.25) is 17.8 Å². The molecule has 0 fully saturated rings. The molecule has 216 valence electrons. The van der Waals surface area contributed by atoms with E-state index in [9.17, 15) is 28.8 Å². The van der Waals surface area contributed by atoms with Crippen molar-refractivity contribution in [3.63, 3.8) is 0 Å². The summed E-state index contributed by atoms with van der Waals surface area (Å²) < 4.78 is 9.88. The molecule has 0 aromatic carbocycles. The van der Waals surface area contributed by atoms with Gasteiger partial charge >= 0.3 is 11.9 Å². The number of hydrogen-bond acceptors (Lipinski definition) is 11. The van der Waals surface area contributed by atoms with Crippen molar-refractivity contribution in [1.82, 2.24) is 15.3 Å². The molecule has 2 aromatic rings. The minimum atomic E-state index is -1.02. The molecule has 0 radical (unpaired) electrons. The lowest BCUT2D eigenvalue weighted by Gasteiger charge is -2.16. The van der Waals surface area contributed by atoms with Crippen LogP contribution in [-0.2, 0) is 35.1 Å². The zero-order chi connectivity index (χ0) is 29.7. The van der Waals surface area contributed by atoms with Crippen LogP contribution < -0.4 is 21.5 Å². The van der Waals surface area contributed by atoms with Gasteiger partial charge in [-0.05, 0) is 45.2 Å². The van der Waals surface area contributed by atoms with Gasteiger partial charge in [0.15, 0.2) is 0 Å². The third-order valence-corrected chi connectivity index (χ3v) is 5.97. The molecule has 2 rings (SSSR count). The fourth-order valence-electron chi connectivity index (χ4n) is 3.32. The number of nitrogens with one attached hydrogen (secondary N) is 4. The zero-order valence-electron chi connectivity index (χ0n) is 22.6. The Hall–Kier alpha value is -4.40. The molecule has 40 heavy (non-hydrogen) atoms. The van der Waals surface area contributed by atoms with Crippen molar-refractivity contribution in [3.05, 3.63) is 32.9 Å². The first kappa shape index (κ1) is 31.8. The van der Waals surface area contributed by atoms with Gasteiger partial charge in [-0.25, -0.2) is 4.79 Å². The first-order chi connectivity index (χ1) is 19.0. The molecule has 0 aliphatic heterocycles. The molecule has 2 heterocycles. The quantitative estimate of drug-likeness (QED) is 0.192. The zero-order valence-corrected chi connectivity index (χ0v) is 23.4. The lowest BCUT2D eigenvalue weighted by Crippen LogP contribution is -2.42. The van der Waals surface area contributed by atoms with Crippen LogP contribution in [0.15, 0.2) is 21.9 Å². The molecule has 0 aliphatic carbocycles. The molecule has 0 bridgehead atoms. The predicted octanol–water partition coefficient (Wildman–Crippen LogP) is 2.09. The van der Waals surface area contributed by atoms with E-state index in [4.69, 9.17) is 9.47 Å². The van der Waals surface area contributed by atoms with Crippen LogP contribution >= 0.6 is 11.3 Å². The van der Waals surface area contributed by atoms with E-state index in [0.717, 1.165) is 11.3 Å². The second-order valence-corrected chi connectivity index (χ2v) is 9.28. The summed E-state index contributed by atoms with van der Waals surface area (Å²) in [6.07, 6.45) is 2.00. The number of aromatic nitrogens is 2. The molecule has 0 saturated carbocycles. The molecule has 0 unspecified atom stereocenters.